The molecule has 0 spiro atoms. The Morgan fingerprint density at radius 2 is 2.16 bits per heavy atom. The molecule has 0 atom stereocenters. The molecule has 2 aromatic rings. The number of aromatic nitrogens is 1. The Bertz CT molecular complexity index is 747. The van der Waals surface area contributed by atoms with E-state index in [-0.39, 0.29) is 10.6 Å². The summed E-state index contributed by atoms with van der Waals surface area (Å²) < 4.78 is 2.82. The molecule has 1 aromatic carbocycles. The molecule has 0 saturated carbocycles. The fraction of sp³-hybridized carbons (Fsp3) is 0.214. The van der Waals surface area contributed by atoms with Crippen molar-refractivity contribution in [1.29, 1.82) is 0 Å². The summed E-state index contributed by atoms with van der Waals surface area (Å²) in [4.78, 5) is 10.5. The third kappa shape index (κ3) is 2.39. The Kier molecular flexibility index (Phi) is 3.68. The van der Waals surface area contributed by atoms with Gasteiger partial charge in [-0.15, -0.1) is 0 Å². The molecule has 0 unspecified atom stereocenters. The third-order valence-electron chi connectivity index (χ3n) is 3.05. The fourth-order valence-electron chi connectivity index (χ4n) is 2.13. The van der Waals surface area contributed by atoms with E-state index < -0.39 is 0 Å². The van der Waals surface area contributed by atoms with Gasteiger partial charge in [-0.25, -0.2) is 0 Å². The Hall–Kier alpha value is -1.72. The van der Waals surface area contributed by atoms with Gasteiger partial charge in [-0.1, -0.05) is 0 Å². The number of hydrogen-bond acceptors (Lipinski definition) is 2. The number of allylic oxidation sites excluding steroid dienone is 1. The zero-order chi connectivity index (χ0) is 14.2. The summed E-state index contributed by atoms with van der Waals surface area (Å²) in [6, 6.07) is 6.78. The van der Waals surface area contributed by atoms with Crippen LogP contribution in [0.1, 0.15) is 19.4 Å². The van der Waals surface area contributed by atoms with Crippen molar-refractivity contribution >= 4 is 22.2 Å². The van der Waals surface area contributed by atoms with Crippen molar-refractivity contribution in [2.75, 3.05) is 0 Å². The number of benzene rings is 1. The predicted molar refractivity (Wildman–Crippen MR) is 72.2 cm³/mol. The molecule has 0 bridgehead atoms. The molecule has 101 valence electrons. The Balaban J connectivity index is 2.95. The van der Waals surface area contributed by atoms with Crippen LogP contribution in [-0.2, 0) is 21.8 Å². The number of nitro benzene ring substituents is 1. The van der Waals surface area contributed by atoms with E-state index in [2.05, 4.69) is 21.9 Å². The molecule has 0 fully saturated rings. The van der Waals surface area contributed by atoms with Crippen LogP contribution in [0.4, 0.5) is 5.69 Å². The second-order valence-electron chi connectivity index (χ2n) is 4.34. The van der Waals surface area contributed by atoms with E-state index in [1.807, 2.05) is 24.5 Å². The SMILES string of the molecule is C=C(C)c1c[c](=[Co])n(CC)c2ccc([N+](=O)[O-])cc12. The molecular formula is C14H14CoN2O2. The van der Waals surface area contributed by atoms with Crippen molar-refractivity contribution in [3.8, 4) is 0 Å². The van der Waals surface area contributed by atoms with Crippen molar-refractivity contribution in [1.82, 2.24) is 4.57 Å². The van der Waals surface area contributed by atoms with Crippen LogP contribution >= 0.6 is 0 Å². The van der Waals surface area contributed by atoms with Crippen LogP contribution in [0.5, 0.6) is 0 Å². The average molecular weight is 301 g/mol. The average Bonchev–Trinajstić information content (AvgIpc) is 2.37. The zero-order valence-electron chi connectivity index (χ0n) is 10.8. The third-order valence-corrected chi connectivity index (χ3v) is 3.48. The molecule has 0 aliphatic carbocycles. The summed E-state index contributed by atoms with van der Waals surface area (Å²) in [6.07, 6.45) is 0. The molecule has 5 heteroatoms. The quantitative estimate of drug-likeness (QED) is 0.641. The number of rotatable bonds is 3. The van der Waals surface area contributed by atoms with Gasteiger partial charge in [0.1, 0.15) is 0 Å². The molecule has 19 heavy (non-hydrogen) atoms. The number of fused-ring (bicyclic) bond motifs is 1. The van der Waals surface area contributed by atoms with Gasteiger partial charge in [0.2, 0.25) is 0 Å². The summed E-state index contributed by atoms with van der Waals surface area (Å²) in [5, 5.41) is 11.7. The molecule has 2 rings (SSSR count). The van der Waals surface area contributed by atoms with Gasteiger partial charge in [0.15, 0.2) is 0 Å². The maximum absolute atomic E-state index is 10.9. The molecule has 0 aliphatic rings. The Labute approximate surface area is 118 Å². The minimum absolute atomic E-state index is 0.0870. The number of nitro groups is 1. The van der Waals surface area contributed by atoms with Gasteiger partial charge in [0.05, 0.1) is 0 Å². The van der Waals surface area contributed by atoms with Crippen molar-refractivity contribution in [2.45, 2.75) is 20.4 Å². The molecule has 1 heterocycles. The van der Waals surface area contributed by atoms with E-state index in [0.717, 1.165) is 32.8 Å². The normalized spacial score (nSPS) is 10.7. The van der Waals surface area contributed by atoms with E-state index in [1.165, 1.54) is 6.07 Å². The summed E-state index contributed by atoms with van der Waals surface area (Å²) in [6.45, 7) is 8.58. The maximum atomic E-state index is 10.9. The van der Waals surface area contributed by atoms with Gasteiger partial charge in [0, 0.05) is 0 Å². The number of hydrogen-bond donors (Lipinski definition) is 0. The first-order valence-electron chi connectivity index (χ1n) is 5.89. The molecule has 0 aliphatic heterocycles. The van der Waals surface area contributed by atoms with Crippen molar-refractivity contribution < 1.29 is 20.2 Å². The van der Waals surface area contributed by atoms with Crippen LogP contribution in [0.15, 0.2) is 30.8 Å². The van der Waals surface area contributed by atoms with Crippen LogP contribution in [0, 0.1) is 14.3 Å². The van der Waals surface area contributed by atoms with E-state index in [1.54, 1.807) is 12.1 Å². The number of aryl methyl sites for hydroxylation is 1. The van der Waals surface area contributed by atoms with Gasteiger partial charge < -0.3 is 0 Å². The second-order valence-corrected chi connectivity index (χ2v) is 4.87. The van der Waals surface area contributed by atoms with Gasteiger partial charge >= 0.3 is 118 Å². The van der Waals surface area contributed by atoms with E-state index in [9.17, 15) is 10.1 Å². The summed E-state index contributed by atoms with van der Waals surface area (Å²) in [7, 11) is 0. The summed E-state index contributed by atoms with van der Waals surface area (Å²) in [5.41, 5.74) is 2.77. The molecular weight excluding hydrogens is 287 g/mol. The van der Waals surface area contributed by atoms with Gasteiger partial charge in [0.25, 0.3) is 0 Å². The molecule has 1 aromatic heterocycles. The first-order chi connectivity index (χ1) is 8.95. The van der Waals surface area contributed by atoms with Crippen molar-refractivity contribution in [2.24, 2.45) is 0 Å². The standard InChI is InChI=1S/C14H14N2O2.Co/c1-4-15-8-7-12(10(2)3)13-9-11(16(17)18)5-6-14(13)15;/h5-7,9H,2,4H2,1,3H3;. The van der Waals surface area contributed by atoms with Gasteiger partial charge in [-0.05, 0) is 0 Å². The molecule has 0 N–H and O–H groups in total. The predicted octanol–water partition coefficient (Wildman–Crippen LogP) is 3.68. The van der Waals surface area contributed by atoms with Crippen LogP contribution in [0.3, 0.4) is 0 Å². The van der Waals surface area contributed by atoms with E-state index in [4.69, 9.17) is 0 Å². The molecule has 0 radical (unpaired) electrons. The fourth-order valence-corrected chi connectivity index (χ4v) is 2.57. The first kappa shape index (κ1) is 13.7. The number of pyridine rings is 1. The minimum atomic E-state index is -0.383. The van der Waals surface area contributed by atoms with Crippen LogP contribution in [0.2, 0.25) is 0 Å². The molecule has 4 nitrogen and oxygen atoms in total. The van der Waals surface area contributed by atoms with E-state index in [0.29, 0.717) is 0 Å². The van der Waals surface area contributed by atoms with Gasteiger partial charge in [-0.2, -0.15) is 0 Å². The first-order valence-corrected chi connectivity index (χ1v) is 6.42. The van der Waals surface area contributed by atoms with Crippen LogP contribution in [-0.4, -0.2) is 9.49 Å². The zero-order valence-corrected chi connectivity index (χ0v) is 11.8. The monoisotopic (exact) mass is 301 g/mol. The molecule has 0 amide bonds. The Morgan fingerprint density at radius 3 is 2.68 bits per heavy atom. The van der Waals surface area contributed by atoms with Gasteiger partial charge in [-0.3, -0.25) is 0 Å². The molecule has 0 saturated heterocycles. The number of non-ortho nitro benzene ring substituents is 1. The van der Waals surface area contributed by atoms with Crippen molar-refractivity contribution in [3.05, 3.63) is 50.8 Å². The van der Waals surface area contributed by atoms with E-state index >= 15 is 0 Å². The topological polar surface area (TPSA) is 48.1 Å². The van der Waals surface area contributed by atoms with Crippen molar-refractivity contribution in [3.63, 3.8) is 0 Å². The summed E-state index contributed by atoms with van der Waals surface area (Å²) >= 11 is 4.53. The van der Waals surface area contributed by atoms with Crippen LogP contribution < -0.4 is 0 Å². The Morgan fingerprint density at radius 1 is 1.47 bits per heavy atom. The van der Waals surface area contributed by atoms with Crippen LogP contribution in [0.25, 0.3) is 16.5 Å². The second kappa shape index (κ2) is 5.11. The summed E-state index contributed by atoms with van der Waals surface area (Å²) in [5.74, 6) is 0. The number of nitrogens with zero attached hydrogens (tertiary/aromatic N) is 2.